The van der Waals surface area contributed by atoms with Crippen molar-refractivity contribution in [1.82, 2.24) is 5.32 Å². The third-order valence-corrected chi connectivity index (χ3v) is 5.42. The number of carbonyl (C=O) groups is 1. The molecule has 0 unspecified atom stereocenters. The van der Waals surface area contributed by atoms with E-state index in [1.807, 2.05) is 0 Å². The van der Waals surface area contributed by atoms with Gasteiger partial charge >= 0.3 is 0 Å². The zero-order chi connectivity index (χ0) is 18.1. The van der Waals surface area contributed by atoms with Crippen molar-refractivity contribution in [1.29, 1.82) is 0 Å². The Morgan fingerprint density at radius 3 is 2.52 bits per heavy atom. The summed E-state index contributed by atoms with van der Waals surface area (Å²) in [6.45, 7) is 0.893. The zero-order valence-electron chi connectivity index (χ0n) is 14.8. The fourth-order valence-corrected chi connectivity index (χ4v) is 3.82. The van der Waals surface area contributed by atoms with Crippen molar-refractivity contribution in [3.63, 3.8) is 0 Å². The predicted octanol–water partition coefficient (Wildman–Crippen LogP) is 2.31. The number of hydrogen-bond donors (Lipinski definition) is 1. The number of sulfonamides is 1. The SMILES string of the molecule is CS(=O)(=O)N(CC(=O)NCCCOC1CCCCC1)c1ccccc1. The smallest absolute Gasteiger partial charge is 0.240 e. The fourth-order valence-electron chi connectivity index (χ4n) is 2.96. The monoisotopic (exact) mass is 368 g/mol. The first-order chi connectivity index (χ1) is 12.0. The second kappa shape index (κ2) is 9.77. The zero-order valence-corrected chi connectivity index (χ0v) is 15.6. The summed E-state index contributed by atoms with van der Waals surface area (Å²) in [5, 5.41) is 2.77. The van der Waals surface area contributed by atoms with E-state index in [2.05, 4.69) is 5.32 Å². The Morgan fingerprint density at radius 2 is 1.88 bits per heavy atom. The summed E-state index contributed by atoms with van der Waals surface area (Å²) in [5.41, 5.74) is 0.487. The third-order valence-electron chi connectivity index (χ3n) is 4.28. The van der Waals surface area contributed by atoms with Crippen molar-refractivity contribution < 1.29 is 17.9 Å². The van der Waals surface area contributed by atoms with Crippen LogP contribution in [-0.2, 0) is 19.6 Å². The van der Waals surface area contributed by atoms with Crippen molar-refractivity contribution in [2.24, 2.45) is 0 Å². The summed E-state index contributed by atoms with van der Waals surface area (Å²) in [6, 6.07) is 8.64. The van der Waals surface area contributed by atoms with Crippen LogP contribution in [0.1, 0.15) is 38.5 Å². The number of anilines is 1. The van der Waals surface area contributed by atoms with Crippen molar-refractivity contribution in [3.05, 3.63) is 30.3 Å². The van der Waals surface area contributed by atoms with Crippen LogP contribution >= 0.6 is 0 Å². The van der Waals surface area contributed by atoms with Gasteiger partial charge in [0.1, 0.15) is 6.54 Å². The van der Waals surface area contributed by atoms with E-state index >= 15 is 0 Å². The molecule has 0 aromatic heterocycles. The van der Waals surface area contributed by atoms with E-state index < -0.39 is 10.0 Å². The lowest BCUT2D eigenvalue weighted by atomic mass is 9.98. The van der Waals surface area contributed by atoms with E-state index in [-0.39, 0.29) is 12.5 Å². The minimum atomic E-state index is -3.52. The summed E-state index contributed by atoms with van der Waals surface area (Å²) in [6.07, 6.45) is 8.24. The molecule has 25 heavy (non-hydrogen) atoms. The molecular formula is C18H28N2O4S. The van der Waals surface area contributed by atoms with Gasteiger partial charge in [0.05, 0.1) is 18.0 Å². The number of amides is 1. The number of hydrogen-bond acceptors (Lipinski definition) is 4. The van der Waals surface area contributed by atoms with E-state index in [0.717, 1.165) is 29.8 Å². The van der Waals surface area contributed by atoms with Gasteiger partial charge in [-0.2, -0.15) is 0 Å². The molecule has 1 aliphatic carbocycles. The van der Waals surface area contributed by atoms with E-state index in [1.54, 1.807) is 30.3 Å². The summed E-state index contributed by atoms with van der Waals surface area (Å²) in [5.74, 6) is -0.313. The van der Waals surface area contributed by atoms with Crippen LogP contribution in [0.3, 0.4) is 0 Å². The van der Waals surface area contributed by atoms with Gasteiger partial charge in [0.25, 0.3) is 0 Å². The minimum absolute atomic E-state index is 0.216. The largest absolute Gasteiger partial charge is 0.378 e. The Kier molecular flexibility index (Phi) is 7.71. The molecule has 0 aliphatic heterocycles. The molecule has 1 amide bonds. The van der Waals surface area contributed by atoms with Crippen molar-refractivity contribution in [2.75, 3.05) is 30.3 Å². The number of nitrogens with one attached hydrogen (secondary N) is 1. The van der Waals surface area contributed by atoms with Gasteiger partial charge in [0.15, 0.2) is 0 Å². The molecule has 0 saturated heterocycles. The van der Waals surface area contributed by atoms with Crippen LogP contribution in [-0.4, -0.2) is 46.4 Å². The maximum Gasteiger partial charge on any atom is 0.240 e. The number of benzene rings is 1. The van der Waals surface area contributed by atoms with Crippen LogP contribution < -0.4 is 9.62 Å². The molecule has 0 radical (unpaired) electrons. The highest BCUT2D eigenvalue weighted by Gasteiger charge is 2.20. The standard InChI is InChI=1S/C18H28N2O4S/c1-25(22,23)20(16-9-4-2-5-10-16)15-18(21)19-13-8-14-24-17-11-6-3-7-12-17/h2,4-5,9-10,17H,3,6-8,11-15H2,1H3,(H,19,21). The van der Waals surface area contributed by atoms with Crippen LogP contribution in [0.2, 0.25) is 0 Å². The molecule has 1 aliphatic rings. The Morgan fingerprint density at radius 1 is 1.20 bits per heavy atom. The van der Waals surface area contributed by atoms with Gasteiger partial charge in [-0.3, -0.25) is 9.10 Å². The minimum Gasteiger partial charge on any atom is -0.378 e. The van der Waals surface area contributed by atoms with Gasteiger partial charge in [0, 0.05) is 13.2 Å². The molecule has 1 aromatic rings. The molecule has 0 bridgehead atoms. The molecule has 6 nitrogen and oxygen atoms in total. The summed E-state index contributed by atoms with van der Waals surface area (Å²) in [7, 11) is -3.52. The molecule has 2 rings (SSSR count). The second-order valence-electron chi connectivity index (χ2n) is 6.44. The Labute approximate surface area is 150 Å². The molecule has 1 saturated carbocycles. The number of ether oxygens (including phenoxy) is 1. The molecule has 7 heteroatoms. The molecule has 0 heterocycles. The summed E-state index contributed by atoms with van der Waals surface area (Å²) >= 11 is 0. The van der Waals surface area contributed by atoms with Gasteiger partial charge in [0.2, 0.25) is 15.9 Å². The van der Waals surface area contributed by atoms with Gasteiger partial charge in [-0.1, -0.05) is 37.5 Å². The second-order valence-corrected chi connectivity index (χ2v) is 8.35. The van der Waals surface area contributed by atoms with Crippen LogP contribution in [0.25, 0.3) is 0 Å². The first-order valence-electron chi connectivity index (χ1n) is 8.88. The van der Waals surface area contributed by atoms with E-state index in [4.69, 9.17) is 4.74 Å². The molecule has 0 spiro atoms. The number of carbonyl (C=O) groups excluding carboxylic acids is 1. The van der Waals surface area contributed by atoms with Crippen molar-refractivity contribution >= 4 is 21.6 Å². The van der Waals surface area contributed by atoms with E-state index in [9.17, 15) is 13.2 Å². The topological polar surface area (TPSA) is 75.7 Å². The molecule has 1 N–H and O–H groups in total. The number of rotatable bonds is 9. The first-order valence-corrected chi connectivity index (χ1v) is 10.7. The lowest BCUT2D eigenvalue weighted by molar-refractivity contribution is -0.119. The Hall–Kier alpha value is -1.60. The molecule has 0 atom stereocenters. The van der Waals surface area contributed by atoms with Crippen LogP contribution in [0.5, 0.6) is 0 Å². The number of para-hydroxylation sites is 1. The van der Waals surface area contributed by atoms with E-state index in [1.165, 1.54) is 19.3 Å². The van der Waals surface area contributed by atoms with Crippen LogP contribution in [0.15, 0.2) is 30.3 Å². The van der Waals surface area contributed by atoms with Crippen molar-refractivity contribution in [2.45, 2.75) is 44.6 Å². The first kappa shape index (κ1) is 19.7. The van der Waals surface area contributed by atoms with Gasteiger partial charge < -0.3 is 10.1 Å². The Bertz CT molecular complexity index is 628. The lowest BCUT2D eigenvalue weighted by Gasteiger charge is -2.22. The number of nitrogens with zero attached hydrogens (tertiary/aromatic N) is 1. The highest BCUT2D eigenvalue weighted by Crippen LogP contribution is 2.20. The fraction of sp³-hybridized carbons (Fsp3) is 0.611. The maximum atomic E-state index is 12.1. The molecule has 140 valence electrons. The van der Waals surface area contributed by atoms with Gasteiger partial charge in [-0.05, 0) is 31.4 Å². The highest BCUT2D eigenvalue weighted by molar-refractivity contribution is 7.92. The average molecular weight is 368 g/mol. The quantitative estimate of drug-likeness (QED) is 0.679. The normalized spacial score (nSPS) is 15.7. The maximum absolute atomic E-state index is 12.1. The van der Waals surface area contributed by atoms with Gasteiger partial charge in [-0.15, -0.1) is 0 Å². The molecule has 1 aromatic carbocycles. The van der Waals surface area contributed by atoms with Crippen LogP contribution in [0, 0.1) is 0 Å². The van der Waals surface area contributed by atoms with Crippen LogP contribution in [0.4, 0.5) is 5.69 Å². The highest BCUT2D eigenvalue weighted by atomic mass is 32.2. The third kappa shape index (κ3) is 7.04. The average Bonchev–Trinajstić information content (AvgIpc) is 2.60. The summed E-state index contributed by atoms with van der Waals surface area (Å²) < 4.78 is 30.8. The lowest BCUT2D eigenvalue weighted by Crippen LogP contribution is -2.40. The van der Waals surface area contributed by atoms with Crippen molar-refractivity contribution in [3.8, 4) is 0 Å². The molecular weight excluding hydrogens is 340 g/mol. The molecule has 1 fully saturated rings. The van der Waals surface area contributed by atoms with E-state index in [0.29, 0.717) is 24.9 Å². The van der Waals surface area contributed by atoms with Gasteiger partial charge in [-0.25, -0.2) is 8.42 Å². The predicted molar refractivity (Wildman–Crippen MR) is 99.1 cm³/mol. The Balaban J connectivity index is 1.72. The summed E-state index contributed by atoms with van der Waals surface area (Å²) in [4.78, 5) is 12.1.